The number of aryl methyl sites for hydroxylation is 2. The van der Waals surface area contributed by atoms with E-state index < -0.39 is 28.5 Å². The summed E-state index contributed by atoms with van der Waals surface area (Å²) < 4.78 is 35.1. The Labute approximate surface area is 273 Å². The van der Waals surface area contributed by atoms with Crippen molar-refractivity contribution < 1.29 is 22.7 Å². The van der Waals surface area contributed by atoms with E-state index in [1.54, 1.807) is 36.4 Å². The zero-order valence-corrected chi connectivity index (χ0v) is 28.0. The Bertz CT molecular complexity index is 1710. The van der Waals surface area contributed by atoms with Gasteiger partial charge in [-0.1, -0.05) is 72.3 Å². The summed E-state index contributed by atoms with van der Waals surface area (Å²) in [6, 6.07) is 29.3. The van der Waals surface area contributed by atoms with Gasteiger partial charge in [0.2, 0.25) is 11.8 Å². The van der Waals surface area contributed by atoms with E-state index in [-0.39, 0.29) is 29.8 Å². The Morgan fingerprint density at radius 2 is 1.46 bits per heavy atom. The number of sulfonamides is 1. The molecular weight excluding hydrogens is 598 g/mol. The molecule has 9 heteroatoms. The molecule has 0 aliphatic carbocycles. The fraction of sp³-hybridized carbons (Fsp3) is 0.297. The van der Waals surface area contributed by atoms with Crippen LogP contribution in [0.1, 0.15) is 43.0 Å². The van der Waals surface area contributed by atoms with Crippen LogP contribution in [0.4, 0.5) is 5.69 Å². The standard InChI is InChI=1S/C37H43N3O5S/c1-6-45-33-20-22-34(23-21-33)46(43,44)40(32-18-16-28(4)17-19-32)26-36(41)39(25-31-15-11-10-12-29(31)5)35(37(42)38-27(2)3)24-30-13-8-7-9-14-30/h7-23,27,35H,6,24-26H2,1-5H3,(H,38,42)/t35-/m0/s1. The Balaban J connectivity index is 1.80. The molecule has 0 bridgehead atoms. The van der Waals surface area contributed by atoms with Crippen LogP contribution in [0.5, 0.6) is 5.75 Å². The topological polar surface area (TPSA) is 96.0 Å². The van der Waals surface area contributed by atoms with Gasteiger partial charge in [-0.2, -0.15) is 0 Å². The smallest absolute Gasteiger partial charge is 0.264 e. The summed E-state index contributed by atoms with van der Waals surface area (Å²) in [5.41, 5.74) is 3.99. The van der Waals surface area contributed by atoms with Crippen molar-refractivity contribution in [2.45, 2.75) is 64.6 Å². The van der Waals surface area contributed by atoms with Gasteiger partial charge < -0.3 is 15.0 Å². The van der Waals surface area contributed by atoms with E-state index in [0.29, 0.717) is 18.0 Å². The van der Waals surface area contributed by atoms with Crippen LogP contribution in [0.3, 0.4) is 0 Å². The lowest BCUT2D eigenvalue weighted by atomic mass is 10.0. The fourth-order valence-corrected chi connectivity index (χ4v) is 6.56. The predicted octanol–water partition coefficient (Wildman–Crippen LogP) is 6.06. The molecule has 0 saturated heterocycles. The number of nitrogens with zero attached hydrogens (tertiary/aromatic N) is 2. The van der Waals surface area contributed by atoms with Crippen molar-refractivity contribution in [1.29, 1.82) is 0 Å². The Kier molecular flexibility index (Phi) is 11.6. The first kappa shape index (κ1) is 34.2. The maximum absolute atomic E-state index is 14.6. The van der Waals surface area contributed by atoms with Crippen LogP contribution < -0.4 is 14.4 Å². The van der Waals surface area contributed by atoms with Crippen LogP contribution >= 0.6 is 0 Å². The minimum atomic E-state index is -4.20. The predicted molar refractivity (Wildman–Crippen MR) is 182 cm³/mol. The van der Waals surface area contributed by atoms with Gasteiger partial charge >= 0.3 is 0 Å². The van der Waals surface area contributed by atoms with Gasteiger partial charge in [0, 0.05) is 19.0 Å². The highest BCUT2D eigenvalue weighted by atomic mass is 32.2. The van der Waals surface area contributed by atoms with E-state index in [1.807, 2.05) is 89.2 Å². The number of benzene rings is 4. The van der Waals surface area contributed by atoms with Crippen LogP contribution in [0.15, 0.2) is 108 Å². The van der Waals surface area contributed by atoms with Gasteiger partial charge in [-0.25, -0.2) is 8.42 Å². The first-order valence-corrected chi connectivity index (χ1v) is 16.9. The lowest BCUT2D eigenvalue weighted by Gasteiger charge is -2.34. The zero-order chi connectivity index (χ0) is 33.3. The molecule has 0 aliphatic rings. The third-order valence-electron chi connectivity index (χ3n) is 7.63. The quantitative estimate of drug-likeness (QED) is 0.181. The molecule has 1 atom stereocenters. The van der Waals surface area contributed by atoms with Crippen LogP contribution in [0, 0.1) is 13.8 Å². The van der Waals surface area contributed by atoms with Gasteiger partial charge in [0.05, 0.1) is 17.2 Å². The summed E-state index contributed by atoms with van der Waals surface area (Å²) in [5, 5.41) is 2.99. The molecule has 0 saturated carbocycles. The summed E-state index contributed by atoms with van der Waals surface area (Å²) in [6.45, 7) is 9.51. The molecule has 0 aromatic heterocycles. The molecule has 8 nitrogen and oxygen atoms in total. The molecule has 0 heterocycles. The molecule has 0 spiro atoms. The molecule has 2 amide bonds. The number of anilines is 1. The lowest BCUT2D eigenvalue weighted by Crippen LogP contribution is -2.54. The molecule has 0 radical (unpaired) electrons. The molecule has 4 aromatic rings. The molecule has 4 aromatic carbocycles. The number of carbonyl (C=O) groups is 2. The van der Waals surface area contributed by atoms with E-state index in [2.05, 4.69) is 5.32 Å². The van der Waals surface area contributed by atoms with E-state index in [1.165, 1.54) is 17.0 Å². The van der Waals surface area contributed by atoms with Gasteiger partial charge in [0.1, 0.15) is 18.3 Å². The second-order valence-electron chi connectivity index (χ2n) is 11.6. The molecular formula is C37H43N3O5S. The Hall–Kier alpha value is -4.63. The van der Waals surface area contributed by atoms with E-state index >= 15 is 0 Å². The molecule has 0 aliphatic heterocycles. The molecule has 1 N–H and O–H groups in total. The first-order chi connectivity index (χ1) is 22.0. The number of rotatable bonds is 14. The minimum absolute atomic E-state index is 0.0215. The van der Waals surface area contributed by atoms with Crippen molar-refractivity contribution in [1.82, 2.24) is 10.2 Å². The summed E-state index contributed by atoms with van der Waals surface area (Å²) in [6.07, 6.45) is 0.257. The highest BCUT2D eigenvalue weighted by Gasteiger charge is 2.35. The van der Waals surface area contributed by atoms with E-state index in [4.69, 9.17) is 4.74 Å². The summed E-state index contributed by atoms with van der Waals surface area (Å²) in [7, 11) is -4.20. The van der Waals surface area contributed by atoms with Crippen LogP contribution in [-0.2, 0) is 32.6 Å². The maximum atomic E-state index is 14.6. The fourth-order valence-electron chi connectivity index (χ4n) is 5.15. The van der Waals surface area contributed by atoms with Crippen molar-refractivity contribution in [2.24, 2.45) is 0 Å². The van der Waals surface area contributed by atoms with Crippen molar-refractivity contribution in [3.8, 4) is 5.75 Å². The Morgan fingerprint density at radius 3 is 2.07 bits per heavy atom. The molecule has 46 heavy (non-hydrogen) atoms. The van der Waals surface area contributed by atoms with Crippen LogP contribution in [-0.4, -0.2) is 50.4 Å². The Morgan fingerprint density at radius 1 is 0.826 bits per heavy atom. The van der Waals surface area contributed by atoms with Crippen molar-refractivity contribution in [2.75, 3.05) is 17.5 Å². The highest BCUT2D eigenvalue weighted by molar-refractivity contribution is 7.92. The van der Waals surface area contributed by atoms with Gasteiger partial charge in [0.25, 0.3) is 10.0 Å². The van der Waals surface area contributed by atoms with Gasteiger partial charge in [-0.05, 0) is 87.7 Å². The highest BCUT2D eigenvalue weighted by Crippen LogP contribution is 2.27. The SMILES string of the molecule is CCOc1ccc(S(=O)(=O)N(CC(=O)N(Cc2ccccc2C)[C@@H](Cc2ccccc2)C(=O)NC(C)C)c2ccc(C)cc2)cc1. The first-order valence-electron chi connectivity index (χ1n) is 15.5. The van der Waals surface area contributed by atoms with Crippen molar-refractivity contribution >= 4 is 27.5 Å². The third kappa shape index (κ3) is 8.75. The summed E-state index contributed by atoms with van der Waals surface area (Å²) >= 11 is 0. The normalized spacial score (nSPS) is 12.0. The number of amides is 2. The second-order valence-corrected chi connectivity index (χ2v) is 13.4. The molecule has 242 valence electrons. The third-order valence-corrected chi connectivity index (χ3v) is 9.42. The van der Waals surface area contributed by atoms with Crippen LogP contribution in [0.2, 0.25) is 0 Å². The second kappa shape index (κ2) is 15.6. The molecule has 0 unspecified atom stereocenters. The average molecular weight is 642 g/mol. The number of hydrogen-bond donors (Lipinski definition) is 1. The average Bonchev–Trinajstić information content (AvgIpc) is 3.03. The van der Waals surface area contributed by atoms with Crippen LogP contribution in [0.25, 0.3) is 0 Å². The van der Waals surface area contributed by atoms with Gasteiger partial charge in [-0.3, -0.25) is 13.9 Å². The number of nitrogens with one attached hydrogen (secondary N) is 1. The van der Waals surface area contributed by atoms with E-state index in [9.17, 15) is 18.0 Å². The van der Waals surface area contributed by atoms with Gasteiger partial charge in [0.15, 0.2) is 0 Å². The monoisotopic (exact) mass is 641 g/mol. The lowest BCUT2D eigenvalue weighted by molar-refractivity contribution is -0.140. The number of ether oxygens (including phenoxy) is 1. The largest absolute Gasteiger partial charge is 0.494 e. The van der Waals surface area contributed by atoms with Crippen molar-refractivity contribution in [3.05, 3.63) is 125 Å². The van der Waals surface area contributed by atoms with Crippen molar-refractivity contribution in [3.63, 3.8) is 0 Å². The summed E-state index contributed by atoms with van der Waals surface area (Å²) in [5.74, 6) is -0.265. The minimum Gasteiger partial charge on any atom is -0.494 e. The maximum Gasteiger partial charge on any atom is 0.264 e. The molecule has 0 fully saturated rings. The number of carbonyl (C=O) groups excluding carboxylic acids is 2. The number of hydrogen-bond acceptors (Lipinski definition) is 5. The molecule has 4 rings (SSSR count). The van der Waals surface area contributed by atoms with E-state index in [0.717, 1.165) is 26.6 Å². The zero-order valence-electron chi connectivity index (χ0n) is 27.1. The van der Waals surface area contributed by atoms with Gasteiger partial charge in [-0.15, -0.1) is 0 Å². The summed E-state index contributed by atoms with van der Waals surface area (Å²) in [4.78, 5) is 29.9.